The summed E-state index contributed by atoms with van der Waals surface area (Å²) in [6.45, 7) is 4.00. The molecule has 2 aliphatic rings. The van der Waals surface area contributed by atoms with Crippen LogP contribution < -0.4 is 0 Å². The molecule has 2 nitrogen and oxygen atoms in total. The van der Waals surface area contributed by atoms with E-state index in [1.807, 2.05) is 19.9 Å². The van der Waals surface area contributed by atoms with E-state index >= 15 is 0 Å². The SMILES string of the molecule is CC12C=CC(C)(O1)C(C=O)C2. The van der Waals surface area contributed by atoms with Crippen LogP contribution in [-0.4, -0.2) is 17.5 Å². The summed E-state index contributed by atoms with van der Waals surface area (Å²) in [5, 5.41) is 0. The van der Waals surface area contributed by atoms with Crippen LogP contribution in [0, 0.1) is 5.92 Å². The third-order valence-electron chi connectivity index (χ3n) is 2.75. The Kier molecular flexibility index (Phi) is 1.12. The lowest BCUT2D eigenvalue weighted by atomic mass is 9.81. The lowest BCUT2D eigenvalue weighted by Gasteiger charge is -2.20. The molecule has 0 aromatic heterocycles. The van der Waals surface area contributed by atoms with Crippen molar-refractivity contribution < 1.29 is 9.53 Å². The van der Waals surface area contributed by atoms with Crippen molar-refractivity contribution in [2.75, 3.05) is 0 Å². The smallest absolute Gasteiger partial charge is 0.126 e. The summed E-state index contributed by atoms with van der Waals surface area (Å²) in [4.78, 5) is 10.6. The Labute approximate surface area is 66.2 Å². The van der Waals surface area contributed by atoms with Crippen LogP contribution in [0.25, 0.3) is 0 Å². The summed E-state index contributed by atoms with van der Waals surface area (Å²) in [7, 11) is 0. The average Bonchev–Trinajstić information content (AvgIpc) is 2.36. The second-order valence-electron chi connectivity index (χ2n) is 3.88. The van der Waals surface area contributed by atoms with Crippen LogP contribution in [0.5, 0.6) is 0 Å². The molecule has 0 spiro atoms. The maximum Gasteiger partial charge on any atom is 0.126 e. The Morgan fingerprint density at radius 2 is 2.27 bits per heavy atom. The standard InChI is InChI=1S/C9H12O2/c1-8-3-4-9(2,11-8)7(5-8)6-10/h3-4,6-7H,5H2,1-2H3. The highest BCUT2D eigenvalue weighted by Crippen LogP contribution is 2.48. The van der Waals surface area contributed by atoms with Crippen LogP contribution in [-0.2, 0) is 9.53 Å². The normalized spacial score (nSPS) is 53.5. The van der Waals surface area contributed by atoms with Gasteiger partial charge >= 0.3 is 0 Å². The monoisotopic (exact) mass is 152 g/mol. The number of aldehydes is 1. The van der Waals surface area contributed by atoms with Crippen LogP contribution in [0.4, 0.5) is 0 Å². The van der Waals surface area contributed by atoms with Gasteiger partial charge in [-0.2, -0.15) is 0 Å². The van der Waals surface area contributed by atoms with Crippen LogP contribution in [0.3, 0.4) is 0 Å². The number of carbonyl (C=O) groups excluding carboxylic acids is 1. The molecule has 0 aromatic carbocycles. The molecule has 0 N–H and O–H groups in total. The average molecular weight is 152 g/mol. The van der Waals surface area contributed by atoms with Crippen LogP contribution in [0.15, 0.2) is 12.2 Å². The fraction of sp³-hybridized carbons (Fsp3) is 0.667. The molecule has 60 valence electrons. The van der Waals surface area contributed by atoms with Gasteiger partial charge in [-0.05, 0) is 20.3 Å². The first-order valence-corrected chi connectivity index (χ1v) is 3.94. The van der Waals surface area contributed by atoms with Gasteiger partial charge < -0.3 is 9.53 Å². The summed E-state index contributed by atoms with van der Waals surface area (Å²) in [6, 6.07) is 0. The quantitative estimate of drug-likeness (QED) is 0.418. The summed E-state index contributed by atoms with van der Waals surface area (Å²) in [6.07, 6.45) is 5.92. The fourth-order valence-corrected chi connectivity index (χ4v) is 2.04. The second-order valence-corrected chi connectivity index (χ2v) is 3.88. The molecular formula is C9H12O2. The van der Waals surface area contributed by atoms with Crippen LogP contribution in [0.2, 0.25) is 0 Å². The third kappa shape index (κ3) is 0.791. The van der Waals surface area contributed by atoms with E-state index in [1.54, 1.807) is 0 Å². The molecule has 3 unspecified atom stereocenters. The van der Waals surface area contributed by atoms with Crippen molar-refractivity contribution in [2.45, 2.75) is 31.5 Å². The van der Waals surface area contributed by atoms with E-state index in [0.717, 1.165) is 12.7 Å². The Morgan fingerprint density at radius 3 is 2.55 bits per heavy atom. The number of fused-ring (bicyclic) bond motifs is 2. The molecule has 1 saturated heterocycles. The molecule has 0 saturated carbocycles. The van der Waals surface area contributed by atoms with E-state index in [0.29, 0.717) is 0 Å². The summed E-state index contributed by atoms with van der Waals surface area (Å²) >= 11 is 0. The molecule has 2 bridgehead atoms. The topological polar surface area (TPSA) is 26.3 Å². The van der Waals surface area contributed by atoms with E-state index in [4.69, 9.17) is 4.74 Å². The van der Waals surface area contributed by atoms with Crippen molar-refractivity contribution in [1.82, 2.24) is 0 Å². The molecule has 2 heterocycles. The Morgan fingerprint density at radius 1 is 1.55 bits per heavy atom. The first kappa shape index (κ1) is 7.04. The highest BCUT2D eigenvalue weighted by atomic mass is 16.5. The number of ether oxygens (including phenoxy) is 1. The van der Waals surface area contributed by atoms with Gasteiger partial charge in [0, 0.05) is 0 Å². The summed E-state index contributed by atoms with van der Waals surface area (Å²) in [5.41, 5.74) is -0.475. The number of hydrogen-bond donors (Lipinski definition) is 0. The minimum absolute atomic E-state index is 0.0532. The molecule has 2 rings (SSSR count). The first-order chi connectivity index (χ1) is 5.08. The van der Waals surface area contributed by atoms with E-state index in [2.05, 4.69) is 6.08 Å². The van der Waals surface area contributed by atoms with Crippen molar-refractivity contribution in [3.05, 3.63) is 12.2 Å². The molecule has 0 radical (unpaired) electrons. The molecule has 3 atom stereocenters. The molecule has 2 aliphatic heterocycles. The van der Waals surface area contributed by atoms with E-state index in [9.17, 15) is 4.79 Å². The van der Waals surface area contributed by atoms with Gasteiger partial charge in [-0.25, -0.2) is 0 Å². The van der Waals surface area contributed by atoms with Crippen molar-refractivity contribution >= 4 is 6.29 Å². The number of carbonyl (C=O) groups is 1. The highest BCUT2D eigenvalue weighted by molar-refractivity contribution is 5.59. The van der Waals surface area contributed by atoms with Crippen molar-refractivity contribution in [1.29, 1.82) is 0 Å². The Hall–Kier alpha value is -0.630. The van der Waals surface area contributed by atoms with Crippen molar-refractivity contribution in [2.24, 2.45) is 5.92 Å². The number of hydrogen-bond acceptors (Lipinski definition) is 2. The van der Waals surface area contributed by atoms with E-state index < -0.39 is 0 Å². The van der Waals surface area contributed by atoms with E-state index in [1.165, 1.54) is 0 Å². The second kappa shape index (κ2) is 1.75. The molecule has 11 heavy (non-hydrogen) atoms. The van der Waals surface area contributed by atoms with Gasteiger partial charge in [-0.1, -0.05) is 12.2 Å². The third-order valence-corrected chi connectivity index (χ3v) is 2.75. The molecule has 0 aliphatic carbocycles. The van der Waals surface area contributed by atoms with Gasteiger partial charge in [0.15, 0.2) is 0 Å². The molecule has 1 fully saturated rings. The van der Waals surface area contributed by atoms with E-state index in [-0.39, 0.29) is 17.1 Å². The predicted octanol–water partition coefficient (Wildman–Crippen LogP) is 1.31. The van der Waals surface area contributed by atoms with Gasteiger partial charge in [0.05, 0.1) is 17.1 Å². The van der Waals surface area contributed by atoms with Gasteiger partial charge in [-0.15, -0.1) is 0 Å². The van der Waals surface area contributed by atoms with Gasteiger partial charge in [0.25, 0.3) is 0 Å². The largest absolute Gasteiger partial charge is 0.360 e. The lowest BCUT2D eigenvalue weighted by molar-refractivity contribution is -0.114. The molecular weight excluding hydrogens is 140 g/mol. The molecule has 2 heteroatoms. The molecule has 0 aromatic rings. The van der Waals surface area contributed by atoms with Crippen LogP contribution in [0.1, 0.15) is 20.3 Å². The maximum absolute atomic E-state index is 10.6. The van der Waals surface area contributed by atoms with Crippen molar-refractivity contribution in [3.8, 4) is 0 Å². The summed E-state index contributed by atoms with van der Waals surface area (Å²) in [5.74, 6) is 0.0532. The zero-order valence-corrected chi connectivity index (χ0v) is 6.83. The summed E-state index contributed by atoms with van der Waals surface area (Å²) < 4.78 is 5.71. The lowest BCUT2D eigenvalue weighted by Crippen LogP contribution is -2.28. The predicted molar refractivity (Wildman–Crippen MR) is 41.2 cm³/mol. The van der Waals surface area contributed by atoms with Gasteiger partial charge in [-0.3, -0.25) is 0 Å². The zero-order valence-electron chi connectivity index (χ0n) is 6.83. The Bertz CT molecular complexity index is 234. The fourth-order valence-electron chi connectivity index (χ4n) is 2.04. The maximum atomic E-state index is 10.6. The highest BCUT2D eigenvalue weighted by Gasteiger charge is 2.52. The molecule has 0 amide bonds. The first-order valence-electron chi connectivity index (χ1n) is 3.94. The minimum atomic E-state index is -0.309. The Balaban J connectivity index is 2.36. The van der Waals surface area contributed by atoms with Crippen LogP contribution >= 0.6 is 0 Å². The zero-order chi connectivity index (χ0) is 8.11. The number of rotatable bonds is 1. The van der Waals surface area contributed by atoms with Crippen molar-refractivity contribution in [3.63, 3.8) is 0 Å². The van der Waals surface area contributed by atoms with Gasteiger partial charge in [0.2, 0.25) is 0 Å². The van der Waals surface area contributed by atoms with Gasteiger partial charge in [0.1, 0.15) is 6.29 Å². The minimum Gasteiger partial charge on any atom is -0.360 e.